The number of amides is 1. The minimum atomic E-state index is -0.205. The Bertz CT molecular complexity index is 1100. The lowest BCUT2D eigenvalue weighted by atomic mass is 10.1. The number of halogens is 1. The summed E-state index contributed by atoms with van der Waals surface area (Å²) in [4.78, 5) is 17.1. The number of fused-ring (bicyclic) bond motifs is 1. The van der Waals surface area contributed by atoms with Crippen LogP contribution in [0.5, 0.6) is 5.75 Å². The molecule has 2 heterocycles. The fourth-order valence-corrected chi connectivity index (χ4v) is 4.06. The zero-order chi connectivity index (χ0) is 22.0. The number of aromatic nitrogens is 2. The van der Waals surface area contributed by atoms with E-state index in [0.717, 1.165) is 54.2 Å². The van der Waals surface area contributed by atoms with Crippen molar-refractivity contribution in [3.8, 4) is 5.75 Å². The van der Waals surface area contributed by atoms with Crippen LogP contribution in [0, 0.1) is 0 Å². The quantitative estimate of drug-likeness (QED) is 0.652. The van der Waals surface area contributed by atoms with Gasteiger partial charge in [0.25, 0.3) is 5.91 Å². The van der Waals surface area contributed by atoms with Crippen molar-refractivity contribution in [3.05, 3.63) is 53.2 Å². The van der Waals surface area contributed by atoms with Crippen molar-refractivity contribution >= 4 is 39.8 Å². The Hall–Kier alpha value is -3.06. The van der Waals surface area contributed by atoms with Gasteiger partial charge in [-0.15, -0.1) is 10.2 Å². The molecule has 1 N–H and O–H groups in total. The number of nitrogens with zero attached hydrogens (tertiary/aromatic N) is 4. The van der Waals surface area contributed by atoms with E-state index in [2.05, 4.69) is 25.3 Å². The number of nitrogens with one attached hydrogen (secondary N) is 1. The average molecular weight is 440 g/mol. The predicted molar refractivity (Wildman–Crippen MR) is 125 cm³/mol. The SMILES string of the molecule is COc1ccc(Cl)cc1N1CCN(c2nnc(C(=O)NC(C)C)c3ccccc23)CC1. The second kappa shape index (κ2) is 8.98. The van der Waals surface area contributed by atoms with E-state index in [-0.39, 0.29) is 11.9 Å². The molecule has 1 aliphatic rings. The van der Waals surface area contributed by atoms with E-state index in [1.165, 1.54) is 0 Å². The van der Waals surface area contributed by atoms with Crippen molar-refractivity contribution in [3.63, 3.8) is 0 Å². The molecule has 0 unspecified atom stereocenters. The molecule has 8 heteroatoms. The van der Waals surface area contributed by atoms with Crippen LogP contribution in [0.4, 0.5) is 11.5 Å². The molecule has 0 bridgehead atoms. The molecule has 0 radical (unpaired) electrons. The van der Waals surface area contributed by atoms with E-state index in [1.54, 1.807) is 7.11 Å². The number of piperazine rings is 1. The Morgan fingerprint density at radius 2 is 1.71 bits per heavy atom. The highest BCUT2D eigenvalue weighted by atomic mass is 35.5. The van der Waals surface area contributed by atoms with E-state index in [9.17, 15) is 4.79 Å². The number of hydrogen-bond donors (Lipinski definition) is 1. The molecule has 31 heavy (non-hydrogen) atoms. The zero-order valence-electron chi connectivity index (χ0n) is 17.9. The maximum absolute atomic E-state index is 12.6. The number of anilines is 2. The molecule has 0 saturated carbocycles. The predicted octanol–water partition coefficient (Wildman–Crippen LogP) is 3.76. The van der Waals surface area contributed by atoms with Gasteiger partial charge in [0.15, 0.2) is 11.5 Å². The average Bonchev–Trinajstić information content (AvgIpc) is 2.78. The molecule has 1 saturated heterocycles. The smallest absolute Gasteiger partial charge is 0.272 e. The van der Waals surface area contributed by atoms with Gasteiger partial charge in [0.1, 0.15) is 5.75 Å². The van der Waals surface area contributed by atoms with E-state index in [1.807, 2.05) is 56.3 Å². The molecule has 1 aromatic heterocycles. The molecular weight excluding hydrogens is 414 g/mol. The largest absolute Gasteiger partial charge is 0.495 e. The van der Waals surface area contributed by atoms with Gasteiger partial charge in [0.05, 0.1) is 12.8 Å². The molecule has 162 valence electrons. The van der Waals surface area contributed by atoms with Gasteiger partial charge in [-0.2, -0.15) is 0 Å². The molecule has 3 aromatic rings. The van der Waals surface area contributed by atoms with Crippen molar-refractivity contribution in [2.45, 2.75) is 19.9 Å². The van der Waals surface area contributed by atoms with Gasteiger partial charge in [-0.05, 0) is 32.0 Å². The first kappa shape index (κ1) is 21.2. The summed E-state index contributed by atoms with van der Waals surface area (Å²) in [6, 6.07) is 13.5. The summed E-state index contributed by atoms with van der Waals surface area (Å²) in [6.07, 6.45) is 0. The number of hydrogen-bond acceptors (Lipinski definition) is 6. The highest BCUT2D eigenvalue weighted by molar-refractivity contribution is 6.31. The van der Waals surface area contributed by atoms with E-state index >= 15 is 0 Å². The van der Waals surface area contributed by atoms with Gasteiger partial charge in [-0.25, -0.2) is 0 Å². The number of carbonyl (C=O) groups is 1. The van der Waals surface area contributed by atoms with Crippen LogP contribution in [-0.4, -0.2) is 55.4 Å². The first-order chi connectivity index (χ1) is 15.0. The topological polar surface area (TPSA) is 70.6 Å². The van der Waals surface area contributed by atoms with Crippen LogP contribution >= 0.6 is 11.6 Å². The van der Waals surface area contributed by atoms with E-state index < -0.39 is 0 Å². The Kier molecular flexibility index (Phi) is 6.13. The van der Waals surface area contributed by atoms with Gasteiger partial charge < -0.3 is 19.9 Å². The van der Waals surface area contributed by atoms with Crippen LogP contribution < -0.4 is 19.9 Å². The number of rotatable bonds is 5. The summed E-state index contributed by atoms with van der Waals surface area (Å²) >= 11 is 6.21. The van der Waals surface area contributed by atoms with Gasteiger partial charge >= 0.3 is 0 Å². The standard InChI is InChI=1S/C23H26ClN5O2/c1-15(2)25-23(30)21-17-6-4-5-7-18(17)22(27-26-21)29-12-10-28(11-13-29)19-14-16(24)8-9-20(19)31-3/h4-9,14-15H,10-13H2,1-3H3,(H,25,30). The zero-order valence-corrected chi connectivity index (χ0v) is 18.7. The number of methoxy groups -OCH3 is 1. The first-order valence-corrected chi connectivity index (χ1v) is 10.8. The number of ether oxygens (including phenoxy) is 1. The van der Waals surface area contributed by atoms with Crippen molar-refractivity contribution in [1.82, 2.24) is 15.5 Å². The van der Waals surface area contributed by atoms with Crippen molar-refractivity contribution in [2.24, 2.45) is 0 Å². The molecule has 0 atom stereocenters. The Balaban J connectivity index is 1.59. The molecule has 7 nitrogen and oxygen atoms in total. The Morgan fingerprint density at radius 1 is 1.03 bits per heavy atom. The lowest BCUT2D eigenvalue weighted by Gasteiger charge is -2.37. The van der Waals surface area contributed by atoms with Crippen molar-refractivity contribution < 1.29 is 9.53 Å². The monoisotopic (exact) mass is 439 g/mol. The molecule has 1 amide bonds. The summed E-state index contributed by atoms with van der Waals surface area (Å²) < 4.78 is 5.51. The third-order valence-electron chi connectivity index (χ3n) is 5.36. The van der Waals surface area contributed by atoms with E-state index in [0.29, 0.717) is 10.7 Å². The van der Waals surface area contributed by atoms with Crippen LogP contribution in [0.3, 0.4) is 0 Å². The molecule has 1 fully saturated rings. The lowest BCUT2D eigenvalue weighted by molar-refractivity contribution is 0.0939. The highest BCUT2D eigenvalue weighted by Crippen LogP contribution is 2.33. The molecule has 0 spiro atoms. The number of carbonyl (C=O) groups excluding carboxylic acids is 1. The minimum absolute atomic E-state index is 0.0318. The minimum Gasteiger partial charge on any atom is -0.495 e. The van der Waals surface area contributed by atoms with Gasteiger partial charge in [-0.1, -0.05) is 35.9 Å². The van der Waals surface area contributed by atoms with Crippen LogP contribution in [0.25, 0.3) is 10.8 Å². The third-order valence-corrected chi connectivity index (χ3v) is 5.60. The maximum atomic E-state index is 12.6. The second-order valence-corrected chi connectivity index (χ2v) is 8.27. The Labute approximate surface area is 187 Å². The molecular formula is C23H26ClN5O2. The third kappa shape index (κ3) is 4.37. The summed E-state index contributed by atoms with van der Waals surface area (Å²) in [5.74, 6) is 1.40. The molecule has 2 aromatic carbocycles. The molecule has 1 aliphatic heterocycles. The summed E-state index contributed by atoms with van der Waals surface area (Å²) in [5.41, 5.74) is 1.35. The Morgan fingerprint density at radius 3 is 2.39 bits per heavy atom. The number of benzene rings is 2. The van der Waals surface area contributed by atoms with Crippen LogP contribution in [0.15, 0.2) is 42.5 Å². The van der Waals surface area contributed by atoms with Crippen LogP contribution in [0.1, 0.15) is 24.3 Å². The van der Waals surface area contributed by atoms with Crippen LogP contribution in [0.2, 0.25) is 5.02 Å². The summed E-state index contributed by atoms with van der Waals surface area (Å²) in [5, 5.41) is 14.1. The van der Waals surface area contributed by atoms with Crippen molar-refractivity contribution in [1.29, 1.82) is 0 Å². The first-order valence-electron chi connectivity index (χ1n) is 10.4. The van der Waals surface area contributed by atoms with Gasteiger partial charge in [0.2, 0.25) is 0 Å². The van der Waals surface area contributed by atoms with E-state index in [4.69, 9.17) is 16.3 Å². The van der Waals surface area contributed by atoms with Gasteiger partial charge in [-0.3, -0.25) is 4.79 Å². The normalized spacial score (nSPS) is 14.2. The molecule has 0 aliphatic carbocycles. The maximum Gasteiger partial charge on any atom is 0.272 e. The summed E-state index contributed by atoms with van der Waals surface area (Å²) in [6.45, 7) is 6.98. The molecule has 4 rings (SSSR count). The van der Waals surface area contributed by atoms with Crippen molar-refractivity contribution in [2.75, 3.05) is 43.1 Å². The fraction of sp³-hybridized carbons (Fsp3) is 0.348. The fourth-order valence-electron chi connectivity index (χ4n) is 3.89. The van der Waals surface area contributed by atoms with Gasteiger partial charge in [0, 0.05) is 48.0 Å². The second-order valence-electron chi connectivity index (χ2n) is 7.84. The lowest BCUT2D eigenvalue weighted by Crippen LogP contribution is -2.47. The summed E-state index contributed by atoms with van der Waals surface area (Å²) in [7, 11) is 1.67. The highest BCUT2D eigenvalue weighted by Gasteiger charge is 2.24. The van der Waals surface area contributed by atoms with Crippen LogP contribution in [-0.2, 0) is 0 Å².